The van der Waals surface area contributed by atoms with E-state index < -0.39 is 53.3 Å². The van der Waals surface area contributed by atoms with E-state index in [0.29, 0.717) is 5.56 Å². The lowest BCUT2D eigenvalue weighted by atomic mass is 9.87. The molecule has 5 N–H and O–H groups in total. The molecule has 0 spiro atoms. The normalized spacial score (nSPS) is 12.9. The highest BCUT2D eigenvalue weighted by atomic mass is 16.6. The van der Waals surface area contributed by atoms with Gasteiger partial charge >= 0.3 is 12.1 Å². The molecule has 0 radical (unpaired) electrons. The number of rotatable bonds is 14. The number of aliphatic hydroxyl groups excluding tert-OH is 1. The molecular weight excluding hydrogens is 500 g/mol. The number of nitrogens with two attached hydrogens (primary N) is 1. The summed E-state index contributed by atoms with van der Waals surface area (Å²) in [6.07, 6.45) is -2.97. The number of primary amides is 1. The maximum Gasteiger partial charge on any atom is 0.407 e. The number of nitro groups is 1. The number of carbonyl (C=O) groups excluding carboxylic acids is 4. The monoisotopic (exact) mass is 530 g/mol. The van der Waals surface area contributed by atoms with Gasteiger partial charge in [0, 0.05) is 24.6 Å². The van der Waals surface area contributed by atoms with Crippen molar-refractivity contribution in [3.8, 4) is 0 Å². The smallest absolute Gasteiger partial charge is 0.407 e. The molecule has 2 aromatic carbocycles. The second-order valence-corrected chi connectivity index (χ2v) is 8.21. The van der Waals surface area contributed by atoms with Gasteiger partial charge in [-0.1, -0.05) is 42.5 Å². The van der Waals surface area contributed by atoms with E-state index in [1.807, 2.05) is 6.07 Å². The summed E-state index contributed by atoms with van der Waals surface area (Å²) in [6.45, 7) is 1.39. The summed E-state index contributed by atoms with van der Waals surface area (Å²) in [7, 11) is 0. The molecule has 0 aromatic heterocycles. The molecule has 13 heteroatoms. The van der Waals surface area contributed by atoms with Crippen molar-refractivity contribution < 1.29 is 38.7 Å². The first kappa shape index (κ1) is 29.7. The largest absolute Gasteiger partial charge is 0.466 e. The standard InChI is InChI=1S/C25H30N4O9/c1-2-37-22(32)13-20(17-8-10-18(11-9-17)29(35)36)23(24(26)33)28-21(31)12-19(30)14-27-25(34)38-15-16-6-4-3-5-7-16/h3-11,19-20,23,30H,2,12-15H2,1H3,(H2,26,33)(H,27,34)(H,28,31)/t19-,20-,23+/m0/s1. The van der Waals surface area contributed by atoms with Crippen LogP contribution in [0.3, 0.4) is 0 Å². The zero-order chi connectivity index (χ0) is 28.1. The van der Waals surface area contributed by atoms with E-state index in [0.717, 1.165) is 5.56 Å². The highest BCUT2D eigenvalue weighted by molar-refractivity contribution is 5.88. The van der Waals surface area contributed by atoms with Gasteiger partial charge in [0.25, 0.3) is 5.69 Å². The van der Waals surface area contributed by atoms with E-state index >= 15 is 0 Å². The van der Waals surface area contributed by atoms with Crippen LogP contribution in [-0.2, 0) is 30.5 Å². The third-order valence-corrected chi connectivity index (χ3v) is 5.37. The number of esters is 1. The summed E-state index contributed by atoms with van der Waals surface area (Å²) in [5.41, 5.74) is 6.40. The Bertz CT molecular complexity index is 1110. The molecule has 0 unspecified atom stereocenters. The lowest BCUT2D eigenvalue weighted by Gasteiger charge is -2.26. The van der Waals surface area contributed by atoms with Crippen LogP contribution in [0.4, 0.5) is 10.5 Å². The van der Waals surface area contributed by atoms with E-state index in [1.165, 1.54) is 24.3 Å². The number of benzene rings is 2. The summed E-state index contributed by atoms with van der Waals surface area (Å²) in [6, 6.07) is 12.6. The van der Waals surface area contributed by atoms with Gasteiger partial charge in [-0.25, -0.2) is 4.79 Å². The van der Waals surface area contributed by atoms with Crippen molar-refractivity contribution in [3.05, 3.63) is 75.8 Å². The fourth-order valence-corrected chi connectivity index (χ4v) is 3.53. The molecule has 3 amide bonds. The Hall–Kier alpha value is -4.52. The molecule has 0 heterocycles. The SMILES string of the molecule is CCOC(=O)C[C@@H](c1ccc([N+](=O)[O-])cc1)[C@@H](NC(=O)C[C@H](O)CNC(=O)OCc1ccccc1)C(N)=O. The first-order chi connectivity index (χ1) is 18.1. The fourth-order valence-electron chi connectivity index (χ4n) is 3.53. The van der Waals surface area contributed by atoms with Crippen LogP contribution in [0, 0.1) is 10.1 Å². The van der Waals surface area contributed by atoms with Crippen molar-refractivity contribution in [3.63, 3.8) is 0 Å². The molecule has 204 valence electrons. The Morgan fingerprint density at radius 1 is 1.03 bits per heavy atom. The summed E-state index contributed by atoms with van der Waals surface area (Å²) in [5.74, 6) is -3.42. The minimum atomic E-state index is -1.40. The number of alkyl carbamates (subject to hydrolysis) is 1. The number of nitrogens with one attached hydrogen (secondary N) is 2. The van der Waals surface area contributed by atoms with E-state index in [2.05, 4.69) is 10.6 Å². The molecule has 0 aliphatic heterocycles. The highest BCUT2D eigenvalue weighted by Crippen LogP contribution is 2.26. The summed E-state index contributed by atoms with van der Waals surface area (Å²) < 4.78 is 9.98. The van der Waals surface area contributed by atoms with Gasteiger partial charge in [0.1, 0.15) is 12.6 Å². The molecule has 13 nitrogen and oxygen atoms in total. The number of nitrogens with zero attached hydrogens (tertiary/aromatic N) is 1. The first-order valence-corrected chi connectivity index (χ1v) is 11.7. The van der Waals surface area contributed by atoms with Crippen molar-refractivity contribution in [1.29, 1.82) is 0 Å². The predicted octanol–water partition coefficient (Wildman–Crippen LogP) is 1.28. The molecule has 0 bridgehead atoms. The van der Waals surface area contributed by atoms with Crippen LogP contribution in [0.15, 0.2) is 54.6 Å². The Morgan fingerprint density at radius 2 is 1.68 bits per heavy atom. The number of hydrogen-bond acceptors (Lipinski definition) is 9. The quantitative estimate of drug-likeness (QED) is 0.158. The molecule has 2 aromatic rings. The van der Waals surface area contributed by atoms with Crippen LogP contribution in [0.25, 0.3) is 0 Å². The molecule has 38 heavy (non-hydrogen) atoms. The zero-order valence-electron chi connectivity index (χ0n) is 20.7. The van der Waals surface area contributed by atoms with E-state index in [-0.39, 0.29) is 31.9 Å². The molecule has 0 fully saturated rings. The van der Waals surface area contributed by atoms with Gasteiger partial charge in [0.05, 0.1) is 30.5 Å². The average Bonchev–Trinajstić information content (AvgIpc) is 2.89. The van der Waals surface area contributed by atoms with Crippen LogP contribution >= 0.6 is 0 Å². The van der Waals surface area contributed by atoms with E-state index in [9.17, 15) is 34.4 Å². The highest BCUT2D eigenvalue weighted by Gasteiger charge is 2.32. The van der Waals surface area contributed by atoms with Crippen LogP contribution in [-0.4, -0.2) is 59.2 Å². The first-order valence-electron chi connectivity index (χ1n) is 11.7. The van der Waals surface area contributed by atoms with Crippen molar-refractivity contribution in [2.45, 2.75) is 44.4 Å². The molecule has 0 saturated heterocycles. The summed E-state index contributed by atoms with van der Waals surface area (Å²) in [5, 5.41) is 25.9. The second-order valence-electron chi connectivity index (χ2n) is 8.21. The number of nitro benzene ring substituents is 1. The van der Waals surface area contributed by atoms with Crippen LogP contribution in [0.2, 0.25) is 0 Å². The third kappa shape index (κ3) is 9.85. The maximum atomic E-state index is 12.6. The number of ether oxygens (including phenoxy) is 2. The second kappa shape index (κ2) is 14.9. The lowest BCUT2D eigenvalue weighted by Crippen LogP contribution is -2.49. The number of carbonyl (C=O) groups is 4. The molecule has 0 aliphatic rings. The Kier molecular flexibility index (Phi) is 11.6. The van der Waals surface area contributed by atoms with Gasteiger partial charge in [-0.3, -0.25) is 24.5 Å². The van der Waals surface area contributed by atoms with Gasteiger partial charge in [-0.15, -0.1) is 0 Å². The van der Waals surface area contributed by atoms with Crippen LogP contribution < -0.4 is 16.4 Å². The number of amides is 3. The van der Waals surface area contributed by atoms with Gasteiger partial charge in [0.2, 0.25) is 11.8 Å². The van der Waals surface area contributed by atoms with E-state index in [1.54, 1.807) is 31.2 Å². The average molecular weight is 531 g/mol. The number of aliphatic hydroxyl groups is 1. The van der Waals surface area contributed by atoms with Gasteiger partial charge in [-0.05, 0) is 18.1 Å². The number of hydrogen-bond donors (Lipinski definition) is 4. The summed E-state index contributed by atoms with van der Waals surface area (Å²) >= 11 is 0. The molecule has 0 aliphatic carbocycles. The fraction of sp³-hybridized carbons (Fsp3) is 0.360. The lowest BCUT2D eigenvalue weighted by molar-refractivity contribution is -0.384. The maximum absolute atomic E-state index is 12.6. The Labute approximate surface area is 218 Å². The predicted molar refractivity (Wildman–Crippen MR) is 133 cm³/mol. The van der Waals surface area contributed by atoms with Crippen molar-refractivity contribution in [1.82, 2.24) is 10.6 Å². The number of non-ortho nitro benzene ring substituents is 1. The minimum Gasteiger partial charge on any atom is -0.466 e. The molecule has 0 saturated carbocycles. The van der Waals surface area contributed by atoms with Crippen molar-refractivity contribution >= 4 is 29.6 Å². The van der Waals surface area contributed by atoms with Gasteiger partial charge in [0.15, 0.2) is 0 Å². The van der Waals surface area contributed by atoms with Gasteiger partial charge < -0.3 is 30.9 Å². The van der Waals surface area contributed by atoms with Crippen LogP contribution in [0.1, 0.15) is 36.8 Å². The summed E-state index contributed by atoms with van der Waals surface area (Å²) in [4.78, 5) is 59.3. The van der Waals surface area contributed by atoms with Crippen molar-refractivity contribution in [2.24, 2.45) is 5.73 Å². The molecule has 2 rings (SSSR count). The minimum absolute atomic E-state index is 0.0219. The Balaban J connectivity index is 2.00. The van der Waals surface area contributed by atoms with Crippen molar-refractivity contribution in [2.75, 3.05) is 13.2 Å². The topological polar surface area (TPSA) is 200 Å². The third-order valence-electron chi connectivity index (χ3n) is 5.37. The zero-order valence-corrected chi connectivity index (χ0v) is 20.7. The van der Waals surface area contributed by atoms with E-state index in [4.69, 9.17) is 15.2 Å². The Morgan fingerprint density at radius 3 is 2.26 bits per heavy atom. The molecule has 3 atom stereocenters. The molecular formula is C25H30N4O9. The van der Waals surface area contributed by atoms with Gasteiger partial charge in [-0.2, -0.15) is 0 Å². The van der Waals surface area contributed by atoms with Crippen LogP contribution in [0.5, 0.6) is 0 Å².